The van der Waals surface area contributed by atoms with Gasteiger partial charge in [-0.15, -0.1) is 0 Å². The number of rotatable bonds is 1. The van der Waals surface area contributed by atoms with Gasteiger partial charge in [-0.1, -0.05) is 6.92 Å². The summed E-state index contributed by atoms with van der Waals surface area (Å²) in [4.78, 5) is 8.46. The van der Waals surface area contributed by atoms with E-state index in [1.165, 1.54) is 0 Å². The van der Waals surface area contributed by atoms with Crippen molar-refractivity contribution in [2.45, 2.75) is 13.3 Å². The number of benzene rings is 1. The van der Waals surface area contributed by atoms with Gasteiger partial charge in [-0.05, 0) is 12.5 Å². The van der Waals surface area contributed by atoms with E-state index in [1.807, 2.05) is 12.1 Å². The van der Waals surface area contributed by atoms with Gasteiger partial charge in [0.2, 0.25) is 6.79 Å². The third-order valence-corrected chi connectivity index (χ3v) is 2.55. The van der Waals surface area contributed by atoms with Crippen LogP contribution in [0.5, 0.6) is 11.5 Å². The van der Waals surface area contributed by atoms with Crippen molar-refractivity contribution in [1.82, 2.24) is 9.97 Å². The molecule has 15 heavy (non-hydrogen) atoms. The maximum Gasteiger partial charge on any atom is 0.231 e. The summed E-state index contributed by atoms with van der Waals surface area (Å²) in [5, 5.41) is 1.05. The fourth-order valence-electron chi connectivity index (χ4n) is 1.78. The van der Waals surface area contributed by atoms with Gasteiger partial charge >= 0.3 is 0 Å². The van der Waals surface area contributed by atoms with E-state index in [2.05, 4.69) is 16.9 Å². The van der Waals surface area contributed by atoms with Crippen LogP contribution in [0.2, 0.25) is 0 Å². The number of hydrogen-bond acceptors (Lipinski definition) is 4. The van der Waals surface area contributed by atoms with E-state index in [4.69, 9.17) is 9.47 Å². The molecule has 0 bridgehead atoms. The molecule has 0 saturated heterocycles. The van der Waals surface area contributed by atoms with Gasteiger partial charge in [0.05, 0.1) is 11.2 Å². The molecule has 76 valence electrons. The lowest BCUT2D eigenvalue weighted by Gasteiger charge is -2.03. The largest absolute Gasteiger partial charge is 0.454 e. The molecule has 1 aliphatic rings. The van der Waals surface area contributed by atoms with Gasteiger partial charge in [0.15, 0.2) is 11.5 Å². The van der Waals surface area contributed by atoms with Crippen LogP contribution in [0.25, 0.3) is 10.9 Å². The number of aryl methyl sites for hydroxylation is 1. The Balaban J connectivity index is 2.33. The third kappa shape index (κ3) is 1.21. The van der Waals surface area contributed by atoms with Gasteiger partial charge < -0.3 is 9.47 Å². The minimum Gasteiger partial charge on any atom is -0.454 e. The van der Waals surface area contributed by atoms with E-state index in [0.29, 0.717) is 6.79 Å². The Bertz CT molecular complexity index is 525. The normalized spacial score (nSPS) is 13.4. The van der Waals surface area contributed by atoms with E-state index < -0.39 is 0 Å². The Labute approximate surface area is 86.9 Å². The first-order valence-electron chi connectivity index (χ1n) is 4.91. The Hall–Kier alpha value is -1.84. The molecule has 1 aromatic carbocycles. The summed E-state index contributed by atoms with van der Waals surface area (Å²) in [6.45, 7) is 2.37. The van der Waals surface area contributed by atoms with Crippen LogP contribution in [-0.2, 0) is 6.42 Å². The van der Waals surface area contributed by atoms with E-state index in [0.717, 1.165) is 34.5 Å². The molecule has 0 spiro atoms. The Kier molecular flexibility index (Phi) is 1.74. The number of nitrogens with zero attached hydrogens (tertiary/aromatic N) is 2. The van der Waals surface area contributed by atoms with Crippen molar-refractivity contribution in [3.05, 3.63) is 24.2 Å². The lowest BCUT2D eigenvalue weighted by atomic mass is 10.1. The highest BCUT2D eigenvalue weighted by Gasteiger charge is 2.15. The molecule has 0 fully saturated rings. The summed E-state index contributed by atoms with van der Waals surface area (Å²) in [5.41, 5.74) is 1.95. The molecule has 0 aliphatic carbocycles. The van der Waals surface area contributed by atoms with Crippen molar-refractivity contribution in [3.8, 4) is 11.5 Å². The van der Waals surface area contributed by atoms with Crippen LogP contribution in [0.3, 0.4) is 0 Å². The molecule has 3 rings (SSSR count). The SMILES string of the molecule is CCc1ncnc2cc3c(cc12)OCO3. The Morgan fingerprint density at radius 2 is 2.00 bits per heavy atom. The topological polar surface area (TPSA) is 44.2 Å². The smallest absolute Gasteiger partial charge is 0.231 e. The third-order valence-electron chi connectivity index (χ3n) is 2.55. The maximum atomic E-state index is 5.33. The molecule has 1 aliphatic heterocycles. The van der Waals surface area contributed by atoms with E-state index >= 15 is 0 Å². The first kappa shape index (κ1) is 8.47. The average molecular weight is 202 g/mol. The number of aromatic nitrogens is 2. The van der Waals surface area contributed by atoms with Crippen LogP contribution in [0.4, 0.5) is 0 Å². The number of fused-ring (bicyclic) bond motifs is 2. The van der Waals surface area contributed by atoms with Crippen molar-refractivity contribution in [3.63, 3.8) is 0 Å². The summed E-state index contributed by atoms with van der Waals surface area (Å²) in [6.07, 6.45) is 2.47. The van der Waals surface area contributed by atoms with Crippen molar-refractivity contribution in [1.29, 1.82) is 0 Å². The van der Waals surface area contributed by atoms with Crippen LogP contribution in [0, 0.1) is 0 Å². The minimum absolute atomic E-state index is 0.292. The van der Waals surface area contributed by atoms with E-state index in [9.17, 15) is 0 Å². The van der Waals surface area contributed by atoms with Gasteiger partial charge in [-0.25, -0.2) is 9.97 Å². The van der Waals surface area contributed by atoms with Gasteiger partial charge in [-0.3, -0.25) is 0 Å². The van der Waals surface area contributed by atoms with E-state index in [1.54, 1.807) is 6.33 Å². The molecule has 2 aromatic rings. The van der Waals surface area contributed by atoms with Crippen LogP contribution >= 0.6 is 0 Å². The monoisotopic (exact) mass is 202 g/mol. The van der Waals surface area contributed by atoms with Crippen LogP contribution in [0.1, 0.15) is 12.6 Å². The molecule has 0 radical (unpaired) electrons. The highest BCUT2D eigenvalue weighted by molar-refractivity contribution is 5.84. The summed E-state index contributed by atoms with van der Waals surface area (Å²) >= 11 is 0. The quantitative estimate of drug-likeness (QED) is 0.708. The molecule has 2 heterocycles. The maximum absolute atomic E-state index is 5.33. The Morgan fingerprint density at radius 1 is 1.20 bits per heavy atom. The highest BCUT2D eigenvalue weighted by atomic mass is 16.7. The summed E-state index contributed by atoms with van der Waals surface area (Å²) in [6, 6.07) is 3.86. The standard InChI is InChI=1S/C11H10N2O2/c1-2-8-7-3-10-11(15-6-14-10)4-9(7)13-5-12-8/h3-5H,2,6H2,1H3. The van der Waals surface area contributed by atoms with Gasteiger partial charge in [0.25, 0.3) is 0 Å². The molecule has 1 aromatic heterocycles. The zero-order valence-electron chi connectivity index (χ0n) is 8.36. The van der Waals surface area contributed by atoms with Crippen molar-refractivity contribution >= 4 is 10.9 Å². The fourth-order valence-corrected chi connectivity index (χ4v) is 1.78. The second kappa shape index (κ2) is 3.08. The predicted octanol–water partition coefficient (Wildman–Crippen LogP) is 1.92. The van der Waals surface area contributed by atoms with Crippen molar-refractivity contribution in [2.75, 3.05) is 6.79 Å². The lowest BCUT2D eigenvalue weighted by Crippen LogP contribution is -1.92. The first-order chi connectivity index (χ1) is 7.38. The van der Waals surface area contributed by atoms with Crippen LogP contribution in [0.15, 0.2) is 18.5 Å². The number of hydrogen-bond donors (Lipinski definition) is 0. The molecule has 0 unspecified atom stereocenters. The molecule has 0 saturated carbocycles. The zero-order chi connectivity index (χ0) is 10.3. The molecule has 0 amide bonds. The van der Waals surface area contributed by atoms with Crippen LogP contribution in [-0.4, -0.2) is 16.8 Å². The minimum atomic E-state index is 0.292. The molecular formula is C11H10N2O2. The Morgan fingerprint density at radius 3 is 2.80 bits per heavy atom. The van der Waals surface area contributed by atoms with Gasteiger partial charge in [-0.2, -0.15) is 0 Å². The number of ether oxygens (including phenoxy) is 2. The molecular weight excluding hydrogens is 192 g/mol. The molecule has 4 nitrogen and oxygen atoms in total. The molecule has 0 N–H and O–H groups in total. The van der Waals surface area contributed by atoms with Crippen LogP contribution < -0.4 is 9.47 Å². The second-order valence-corrected chi connectivity index (χ2v) is 3.40. The summed E-state index contributed by atoms with van der Waals surface area (Å²) < 4.78 is 10.6. The van der Waals surface area contributed by atoms with E-state index in [-0.39, 0.29) is 0 Å². The first-order valence-corrected chi connectivity index (χ1v) is 4.91. The van der Waals surface area contributed by atoms with Gasteiger partial charge in [0.1, 0.15) is 6.33 Å². The fraction of sp³-hybridized carbons (Fsp3) is 0.273. The second-order valence-electron chi connectivity index (χ2n) is 3.40. The predicted molar refractivity (Wildman–Crippen MR) is 55.0 cm³/mol. The van der Waals surface area contributed by atoms with Crippen molar-refractivity contribution in [2.24, 2.45) is 0 Å². The van der Waals surface area contributed by atoms with Crippen molar-refractivity contribution < 1.29 is 9.47 Å². The van der Waals surface area contributed by atoms with Gasteiger partial charge in [0, 0.05) is 11.5 Å². The molecule has 4 heteroatoms. The summed E-state index contributed by atoms with van der Waals surface area (Å²) in [5.74, 6) is 1.55. The zero-order valence-corrected chi connectivity index (χ0v) is 8.36. The molecule has 0 atom stereocenters. The lowest BCUT2D eigenvalue weighted by molar-refractivity contribution is 0.174. The summed E-state index contributed by atoms with van der Waals surface area (Å²) in [7, 11) is 0. The average Bonchev–Trinajstić information content (AvgIpc) is 2.72. The highest BCUT2D eigenvalue weighted by Crippen LogP contribution is 2.35.